The van der Waals surface area contributed by atoms with Crippen molar-refractivity contribution in [3.05, 3.63) is 65.5 Å². The predicted molar refractivity (Wildman–Crippen MR) is 166 cm³/mol. The highest BCUT2D eigenvalue weighted by Gasteiger charge is 2.29. The van der Waals surface area contributed by atoms with E-state index in [1.807, 2.05) is 70.2 Å². The summed E-state index contributed by atoms with van der Waals surface area (Å²) < 4.78 is 25.1. The number of piperidine rings is 1. The molecule has 10 heteroatoms. The van der Waals surface area contributed by atoms with E-state index in [9.17, 15) is 14.9 Å². The predicted octanol–water partition coefficient (Wildman–Crippen LogP) is 6.14. The number of rotatable bonds is 7. The van der Waals surface area contributed by atoms with Gasteiger partial charge >= 0.3 is 12.1 Å². The zero-order valence-electron chi connectivity index (χ0n) is 26.0. The molecule has 1 aliphatic rings. The molecular formula is C34H38N4O6. The number of aryl methyl sites for hydroxylation is 1. The molecule has 1 aromatic heterocycles. The lowest BCUT2D eigenvalue weighted by molar-refractivity contribution is -0.147. The molecule has 0 N–H and O–H groups in total. The standard InChI is InChI=1S/C34H38N4O6/c1-21(32(39)41-6)42-30-17-28-29(18-31(30)43-25-13-15-37(16-14-25)33(40)44-34(3,4)5)38(22(2)36-28)20-24-12-11-23(19-35)26-9-7-8-10-27(24)26/h7-12,17-18,21,25H,13-16,20H2,1-6H3. The number of aromatic nitrogens is 2. The van der Waals surface area contributed by atoms with Crippen LogP contribution < -0.4 is 9.47 Å². The van der Waals surface area contributed by atoms with Crippen LogP contribution in [-0.4, -0.2) is 64.5 Å². The van der Waals surface area contributed by atoms with Crippen LogP contribution in [0.3, 0.4) is 0 Å². The number of fused-ring (bicyclic) bond motifs is 2. The van der Waals surface area contributed by atoms with Gasteiger partial charge in [0.15, 0.2) is 17.6 Å². The summed E-state index contributed by atoms with van der Waals surface area (Å²) in [6.07, 6.45) is -0.149. The Morgan fingerprint density at radius 3 is 2.43 bits per heavy atom. The molecule has 4 aromatic rings. The molecule has 44 heavy (non-hydrogen) atoms. The van der Waals surface area contributed by atoms with Crippen LogP contribution in [0.4, 0.5) is 4.79 Å². The number of amides is 1. The molecule has 5 rings (SSSR count). The average Bonchev–Trinajstić information content (AvgIpc) is 3.29. The van der Waals surface area contributed by atoms with Gasteiger partial charge in [-0.3, -0.25) is 0 Å². The maximum atomic E-state index is 12.6. The zero-order valence-corrected chi connectivity index (χ0v) is 26.0. The van der Waals surface area contributed by atoms with E-state index in [4.69, 9.17) is 23.9 Å². The smallest absolute Gasteiger partial charge is 0.410 e. The van der Waals surface area contributed by atoms with Crippen LogP contribution in [0.15, 0.2) is 48.5 Å². The Bertz CT molecular complexity index is 1740. The SMILES string of the molecule is COC(=O)C(C)Oc1cc2nc(C)n(Cc3ccc(C#N)c4ccccc34)c2cc1OC1CCN(C(=O)OC(C)(C)C)CC1. The van der Waals surface area contributed by atoms with Crippen LogP contribution in [0.1, 0.15) is 57.5 Å². The molecule has 1 saturated heterocycles. The maximum Gasteiger partial charge on any atom is 0.410 e. The van der Waals surface area contributed by atoms with Crippen LogP contribution in [0.25, 0.3) is 21.8 Å². The summed E-state index contributed by atoms with van der Waals surface area (Å²) in [7, 11) is 1.32. The molecule has 1 fully saturated rings. The van der Waals surface area contributed by atoms with Gasteiger partial charge in [0.05, 0.1) is 29.8 Å². The number of esters is 1. The highest BCUT2D eigenvalue weighted by molar-refractivity contribution is 5.91. The van der Waals surface area contributed by atoms with E-state index in [1.165, 1.54) is 7.11 Å². The molecule has 1 aliphatic heterocycles. The Morgan fingerprint density at radius 2 is 1.77 bits per heavy atom. The van der Waals surface area contributed by atoms with Gasteiger partial charge in [0.25, 0.3) is 0 Å². The summed E-state index contributed by atoms with van der Waals surface area (Å²) in [5.74, 6) is 1.16. The number of nitriles is 1. The molecule has 2 heterocycles. The number of imidazole rings is 1. The van der Waals surface area contributed by atoms with Crippen LogP contribution in [-0.2, 0) is 20.8 Å². The lowest BCUT2D eigenvalue weighted by atomic mass is 10.00. The van der Waals surface area contributed by atoms with Gasteiger partial charge in [0, 0.05) is 44.6 Å². The summed E-state index contributed by atoms with van der Waals surface area (Å²) >= 11 is 0. The molecular weight excluding hydrogens is 560 g/mol. The van der Waals surface area contributed by atoms with Crippen molar-refractivity contribution in [2.75, 3.05) is 20.2 Å². The molecule has 1 atom stereocenters. The number of carbonyl (C=O) groups is 2. The second kappa shape index (κ2) is 12.4. The third kappa shape index (κ3) is 6.57. The average molecular weight is 599 g/mol. The van der Waals surface area contributed by atoms with Crippen LogP contribution in [0, 0.1) is 18.3 Å². The second-order valence-electron chi connectivity index (χ2n) is 12.0. The maximum absolute atomic E-state index is 12.6. The third-order valence-electron chi connectivity index (χ3n) is 7.69. The number of ether oxygens (including phenoxy) is 4. The Balaban J connectivity index is 1.47. The molecule has 1 unspecified atom stereocenters. The van der Waals surface area contributed by atoms with Gasteiger partial charge in [-0.05, 0) is 57.0 Å². The molecule has 1 amide bonds. The van der Waals surface area contributed by atoms with Crippen molar-refractivity contribution in [3.63, 3.8) is 0 Å². The fraction of sp³-hybridized carbons (Fsp3) is 0.412. The number of likely N-dealkylation sites (tertiary alicyclic amines) is 1. The molecule has 0 radical (unpaired) electrons. The number of nitrogens with zero attached hydrogens (tertiary/aromatic N) is 4. The molecule has 0 spiro atoms. The van der Waals surface area contributed by atoms with Gasteiger partial charge in [-0.1, -0.05) is 30.3 Å². The first-order valence-corrected chi connectivity index (χ1v) is 14.8. The minimum atomic E-state index is -0.859. The number of hydrogen-bond donors (Lipinski definition) is 0. The Kier molecular flexibility index (Phi) is 8.68. The minimum absolute atomic E-state index is 0.179. The quantitative estimate of drug-likeness (QED) is 0.233. The first-order valence-electron chi connectivity index (χ1n) is 14.8. The highest BCUT2D eigenvalue weighted by atomic mass is 16.6. The first-order chi connectivity index (χ1) is 21.0. The van der Waals surface area contributed by atoms with Crippen molar-refractivity contribution in [3.8, 4) is 17.6 Å². The number of carbonyl (C=O) groups excluding carboxylic acids is 2. The summed E-state index contributed by atoms with van der Waals surface area (Å²) in [4.78, 5) is 31.3. The van der Waals surface area contributed by atoms with Crippen molar-refractivity contribution in [1.29, 1.82) is 5.26 Å². The topological polar surface area (TPSA) is 116 Å². The molecule has 3 aromatic carbocycles. The number of hydrogen-bond acceptors (Lipinski definition) is 8. The fourth-order valence-corrected chi connectivity index (χ4v) is 5.47. The molecule has 10 nitrogen and oxygen atoms in total. The van der Waals surface area contributed by atoms with Crippen LogP contribution >= 0.6 is 0 Å². The zero-order chi connectivity index (χ0) is 31.6. The van der Waals surface area contributed by atoms with Gasteiger partial charge < -0.3 is 28.4 Å². The van der Waals surface area contributed by atoms with E-state index in [0.717, 1.165) is 27.7 Å². The van der Waals surface area contributed by atoms with Crippen molar-refractivity contribution in [1.82, 2.24) is 14.5 Å². The largest absolute Gasteiger partial charge is 0.486 e. The Hall–Kier alpha value is -4.78. The fourth-order valence-electron chi connectivity index (χ4n) is 5.47. The number of methoxy groups -OCH3 is 1. The van der Waals surface area contributed by atoms with E-state index in [0.29, 0.717) is 55.1 Å². The van der Waals surface area contributed by atoms with Crippen molar-refractivity contribution in [2.45, 2.75) is 71.8 Å². The molecule has 230 valence electrons. The summed E-state index contributed by atoms with van der Waals surface area (Å²) in [6.45, 7) is 10.6. The molecule has 0 bridgehead atoms. The lowest BCUT2D eigenvalue weighted by Crippen LogP contribution is -2.44. The van der Waals surface area contributed by atoms with Gasteiger partial charge in [0.2, 0.25) is 0 Å². The Morgan fingerprint density at radius 1 is 1.07 bits per heavy atom. The van der Waals surface area contributed by atoms with E-state index in [-0.39, 0.29) is 12.2 Å². The van der Waals surface area contributed by atoms with Gasteiger partial charge in [-0.2, -0.15) is 5.26 Å². The number of benzene rings is 3. The summed E-state index contributed by atoms with van der Waals surface area (Å²) in [5.41, 5.74) is 2.66. The van der Waals surface area contributed by atoms with Gasteiger partial charge in [-0.25, -0.2) is 14.6 Å². The Labute approximate surface area is 257 Å². The van der Waals surface area contributed by atoms with Crippen LogP contribution in [0.2, 0.25) is 0 Å². The van der Waals surface area contributed by atoms with Gasteiger partial charge in [-0.15, -0.1) is 0 Å². The summed E-state index contributed by atoms with van der Waals surface area (Å²) in [5, 5.41) is 11.5. The van der Waals surface area contributed by atoms with Crippen molar-refractivity contribution < 1.29 is 28.5 Å². The third-order valence-corrected chi connectivity index (χ3v) is 7.69. The van der Waals surface area contributed by atoms with Crippen LogP contribution in [0.5, 0.6) is 11.5 Å². The lowest BCUT2D eigenvalue weighted by Gasteiger charge is -2.33. The minimum Gasteiger partial charge on any atom is -0.486 e. The second-order valence-corrected chi connectivity index (χ2v) is 12.0. The van der Waals surface area contributed by atoms with E-state index >= 15 is 0 Å². The van der Waals surface area contributed by atoms with E-state index < -0.39 is 17.7 Å². The van der Waals surface area contributed by atoms with Crippen molar-refractivity contribution >= 4 is 33.9 Å². The van der Waals surface area contributed by atoms with E-state index in [1.54, 1.807) is 17.9 Å². The summed E-state index contributed by atoms with van der Waals surface area (Å²) in [6, 6.07) is 17.7. The highest BCUT2D eigenvalue weighted by Crippen LogP contribution is 2.36. The van der Waals surface area contributed by atoms with E-state index in [2.05, 4.69) is 10.6 Å². The first kappa shape index (κ1) is 30.7. The monoisotopic (exact) mass is 598 g/mol. The van der Waals surface area contributed by atoms with Crippen molar-refractivity contribution in [2.24, 2.45) is 0 Å². The molecule has 0 saturated carbocycles. The molecule has 0 aliphatic carbocycles. The normalized spacial score (nSPS) is 14.7. The van der Waals surface area contributed by atoms with Gasteiger partial charge in [0.1, 0.15) is 17.5 Å².